The first kappa shape index (κ1) is 4.33. The number of nitro benzene ring substituents is 1. The van der Waals surface area contributed by atoms with Gasteiger partial charge in [-0.15, -0.1) is 0 Å². The van der Waals surface area contributed by atoms with Gasteiger partial charge < -0.3 is 5.32 Å². The van der Waals surface area contributed by atoms with Gasteiger partial charge in [-0.05, 0) is 6.07 Å². The average molecular weight is 156 g/mol. The second-order valence-electron chi connectivity index (χ2n) is 1.90. The van der Waals surface area contributed by atoms with E-state index in [0.29, 0.717) is 0 Å². The van der Waals surface area contributed by atoms with Crippen molar-refractivity contribution in [2.24, 2.45) is 0 Å². The van der Waals surface area contributed by atoms with Crippen LogP contribution in [0.5, 0.6) is 0 Å². The number of nitrogens with zero attached hydrogens (tertiary/aromatic N) is 1. The van der Waals surface area contributed by atoms with Crippen LogP contribution in [0.1, 0.15) is 4.11 Å². The van der Waals surface area contributed by atoms with Crippen molar-refractivity contribution < 1.29 is 9.04 Å². The van der Waals surface area contributed by atoms with Gasteiger partial charge in [-0.1, -0.05) is 12.1 Å². The van der Waals surface area contributed by atoms with Gasteiger partial charge in [0.1, 0.15) is 5.69 Å². The van der Waals surface area contributed by atoms with Gasteiger partial charge in [0.25, 0.3) is 5.69 Å². The van der Waals surface area contributed by atoms with E-state index in [-0.39, 0.29) is 11.4 Å². The fraction of sp³-hybridized carbons (Fsp3) is 0.143. The molecule has 0 radical (unpaired) electrons. The quantitative estimate of drug-likeness (QED) is 0.402. The van der Waals surface area contributed by atoms with Crippen LogP contribution in [0.25, 0.3) is 0 Å². The molecule has 4 nitrogen and oxygen atoms in total. The van der Waals surface area contributed by atoms with Crippen LogP contribution in [0.2, 0.25) is 0 Å². The van der Waals surface area contributed by atoms with Gasteiger partial charge in [0.05, 0.1) is 4.92 Å². The van der Waals surface area contributed by atoms with E-state index in [1.54, 1.807) is 0 Å². The molecule has 0 saturated carbocycles. The molecule has 1 N–H and O–H groups in total. The van der Waals surface area contributed by atoms with Crippen LogP contribution in [0.4, 0.5) is 11.4 Å². The molecule has 0 aliphatic rings. The Morgan fingerprint density at radius 2 is 2.36 bits per heavy atom. The van der Waals surface area contributed by atoms with Crippen LogP contribution in [0.15, 0.2) is 24.3 Å². The van der Waals surface area contributed by atoms with E-state index in [9.17, 15) is 10.1 Å². The summed E-state index contributed by atoms with van der Waals surface area (Å²) in [7, 11) is 0. The number of para-hydroxylation sites is 2. The highest BCUT2D eigenvalue weighted by molar-refractivity contribution is 5.60. The fourth-order valence-electron chi connectivity index (χ4n) is 0.739. The maximum atomic E-state index is 10.5. The summed E-state index contributed by atoms with van der Waals surface area (Å²) in [5.41, 5.74) is -0.249. The SMILES string of the molecule is [2H][13C]([2H])([2H])Nc1ccccc1[N+](=O)[O-]. The molecule has 11 heavy (non-hydrogen) atoms. The minimum absolute atomic E-state index is 0.00231. The largest absolute Gasteiger partial charge is 0.383 e. The molecule has 58 valence electrons. The number of hydrogen-bond acceptors (Lipinski definition) is 3. The van der Waals surface area contributed by atoms with Gasteiger partial charge in [0.15, 0.2) is 0 Å². The van der Waals surface area contributed by atoms with Crippen LogP contribution in [0.3, 0.4) is 0 Å². The molecular weight excluding hydrogens is 145 g/mol. The normalized spacial score (nSPS) is 14.4. The Hall–Kier alpha value is -1.58. The van der Waals surface area contributed by atoms with Crippen LogP contribution in [-0.2, 0) is 0 Å². The van der Waals surface area contributed by atoms with E-state index in [4.69, 9.17) is 4.11 Å². The van der Waals surface area contributed by atoms with Gasteiger partial charge >= 0.3 is 0 Å². The van der Waals surface area contributed by atoms with Crippen LogP contribution in [0, 0.1) is 10.1 Å². The fourth-order valence-corrected chi connectivity index (χ4v) is 0.739. The lowest BCUT2D eigenvalue weighted by Crippen LogP contribution is -1.95. The number of benzene rings is 1. The Kier molecular flexibility index (Phi) is 1.18. The summed E-state index contributed by atoms with van der Waals surface area (Å²) in [5.74, 6) is 0. The third kappa shape index (κ3) is 1.46. The van der Waals surface area contributed by atoms with Crippen LogP contribution in [-0.4, -0.2) is 11.9 Å². The predicted octanol–water partition coefficient (Wildman–Crippen LogP) is 1.64. The van der Waals surface area contributed by atoms with Crippen molar-refractivity contribution in [1.82, 2.24) is 0 Å². The molecule has 1 aromatic carbocycles. The highest BCUT2D eigenvalue weighted by Gasteiger charge is 2.09. The number of nitro groups is 1. The zero-order valence-electron chi connectivity index (χ0n) is 8.57. The lowest BCUT2D eigenvalue weighted by molar-refractivity contribution is -0.383. The summed E-state index contributed by atoms with van der Waals surface area (Å²) >= 11 is 0. The summed E-state index contributed by atoms with van der Waals surface area (Å²) in [5, 5.41) is 12.6. The van der Waals surface area contributed by atoms with Crippen LogP contribution >= 0.6 is 0 Å². The monoisotopic (exact) mass is 156 g/mol. The van der Waals surface area contributed by atoms with E-state index >= 15 is 0 Å². The zero-order chi connectivity index (χ0) is 10.8. The van der Waals surface area contributed by atoms with Crippen molar-refractivity contribution in [3.05, 3.63) is 34.4 Å². The minimum atomic E-state index is -2.42. The summed E-state index contributed by atoms with van der Waals surface area (Å²) in [6.45, 7) is -2.42. The second kappa shape index (κ2) is 3.01. The van der Waals surface area contributed by atoms with Crippen LogP contribution < -0.4 is 5.32 Å². The Bertz CT molecular complexity index is 351. The Morgan fingerprint density at radius 1 is 1.64 bits per heavy atom. The molecular formula is C7H8N2O2. The number of anilines is 1. The maximum Gasteiger partial charge on any atom is 0.292 e. The highest BCUT2D eigenvalue weighted by atomic mass is 16.6. The first-order valence-electron chi connectivity index (χ1n) is 4.42. The van der Waals surface area contributed by atoms with E-state index in [0.717, 1.165) is 0 Å². The molecule has 0 aliphatic carbocycles. The highest BCUT2D eigenvalue weighted by Crippen LogP contribution is 2.21. The lowest BCUT2D eigenvalue weighted by Gasteiger charge is -1.98. The van der Waals surface area contributed by atoms with E-state index in [1.807, 2.05) is 0 Å². The van der Waals surface area contributed by atoms with Gasteiger partial charge in [-0.3, -0.25) is 10.1 Å². The molecule has 0 aliphatic heterocycles. The molecule has 0 aromatic heterocycles. The molecule has 0 atom stereocenters. The lowest BCUT2D eigenvalue weighted by atomic mass is 10.3. The van der Waals surface area contributed by atoms with Crippen molar-refractivity contribution in [2.75, 3.05) is 12.3 Å². The molecule has 0 saturated heterocycles. The maximum absolute atomic E-state index is 10.5. The number of hydrogen-bond donors (Lipinski definition) is 1. The summed E-state index contributed by atoms with van der Waals surface area (Å²) in [6, 6.07) is 5.60. The van der Waals surface area contributed by atoms with E-state index in [1.165, 1.54) is 24.3 Å². The molecule has 0 bridgehead atoms. The molecule has 0 heterocycles. The molecule has 4 heteroatoms. The van der Waals surface area contributed by atoms with Gasteiger partial charge in [0.2, 0.25) is 0 Å². The summed E-state index contributed by atoms with van der Waals surface area (Å²) in [6.07, 6.45) is 0. The minimum Gasteiger partial charge on any atom is -0.383 e. The van der Waals surface area contributed by atoms with Crippen molar-refractivity contribution in [3.63, 3.8) is 0 Å². The van der Waals surface area contributed by atoms with Gasteiger partial charge in [-0.25, -0.2) is 0 Å². The van der Waals surface area contributed by atoms with E-state index < -0.39 is 11.9 Å². The topological polar surface area (TPSA) is 55.2 Å². The summed E-state index contributed by atoms with van der Waals surface area (Å²) in [4.78, 5) is 9.86. The van der Waals surface area contributed by atoms with Gasteiger partial charge in [0, 0.05) is 17.2 Å². The Labute approximate surface area is 68.2 Å². The van der Waals surface area contributed by atoms with Crippen molar-refractivity contribution in [3.8, 4) is 0 Å². The standard InChI is InChI=1S/C7H8N2O2/c1-8-6-4-2-3-5-7(6)9(10)11/h2-5,8H,1H3/i1+1D3. The third-order valence-electron chi connectivity index (χ3n) is 1.24. The third-order valence-corrected chi connectivity index (χ3v) is 1.24. The number of rotatable bonds is 2. The second-order valence-corrected chi connectivity index (χ2v) is 1.90. The first-order valence-corrected chi connectivity index (χ1v) is 2.92. The average Bonchev–Trinajstić information content (AvgIpc) is 2.01. The molecule has 0 fully saturated rings. The number of nitrogens with one attached hydrogen (secondary N) is 1. The predicted molar refractivity (Wildman–Crippen MR) is 42.6 cm³/mol. The van der Waals surface area contributed by atoms with Crippen molar-refractivity contribution in [2.45, 2.75) is 0 Å². The van der Waals surface area contributed by atoms with Crippen molar-refractivity contribution in [1.29, 1.82) is 0 Å². The molecule has 0 amide bonds. The summed E-state index contributed by atoms with van der Waals surface area (Å²) < 4.78 is 20.7. The van der Waals surface area contributed by atoms with E-state index in [2.05, 4.69) is 5.32 Å². The smallest absolute Gasteiger partial charge is 0.292 e. The Balaban J connectivity index is 3.02. The zero-order valence-corrected chi connectivity index (χ0v) is 5.57. The van der Waals surface area contributed by atoms with Gasteiger partial charge in [-0.2, -0.15) is 0 Å². The molecule has 0 spiro atoms. The van der Waals surface area contributed by atoms with Crippen molar-refractivity contribution >= 4 is 11.4 Å². The molecule has 1 rings (SSSR count). The molecule has 0 unspecified atom stereocenters. The molecule has 1 aromatic rings. The Morgan fingerprint density at radius 3 is 3.00 bits per heavy atom. The first-order chi connectivity index (χ1) is 6.40.